The van der Waals surface area contributed by atoms with Gasteiger partial charge in [-0.05, 0) is 31.6 Å². The minimum atomic E-state index is 1.21. The zero-order valence-corrected chi connectivity index (χ0v) is 7.96. The number of hydrogen-bond acceptors (Lipinski definition) is 0. The normalized spacial score (nSPS) is 11.5. The molecule has 1 N–H and O–H groups in total. The molecule has 1 nitrogen and oxygen atoms in total. The van der Waals surface area contributed by atoms with Crippen molar-refractivity contribution < 1.29 is 0 Å². The third kappa shape index (κ3) is 1.26. The van der Waals surface area contributed by atoms with E-state index in [0.29, 0.717) is 0 Å². The molecule has 0 saturated carbocycles. The van der Waals surface area contributed by atoms with Crippen LogP contribution in [0.1, 0.15) is 18.2 Å². The van der Waals surface area contributed by atoms with Crippen molar-refractivity contribution >= 4 is 17.0 Å². The summed E-state index contributed by atoms with van der Waals surface area (Å²) in [7, 11) is 0. The molecule has 13 heavy (non-hydrogen) atoms. The molecule has 1 aromatic carbocycles. The van der Waals surface area contributed by atoms with Gasteiger partial charge in [-0.1, -0.05) is 24.3 Å². The molecule has 0 amide bonds. The average molecular weight is 171 g/mol. The van der Waals surface area contributed by atoms with Crippen LogP contribution in [0.3, 0.4) is 0 Å². The molecule has 0 atom stereocenters. The molecule has 0 fully saturated rings. The van der Waals surface area contributed by atoms with E-state index >= 15 is 0 Å². The van der Waals surface area contributed by atoms with Crippen LogP contribution < -0.4 is 0 Å². The van der Waals surface area contributed by atoms with Gasteiger partial charge in [0.2, 0.25) is 0 Å². The van der Waals surface area contributed by atoms with E-state index in [1.807, 2.05) is 6.92 Å². The molecule has 1 heterocycles. The van der Waals surface area contributed by atoms with E-state index < -0.39 is 0 Å². The van der Waals surface area contributed by atoms with Crippen LogP contribution in [0, 0.1) is 6.92 Å². The third-order valence-corrected chi connectivity index (χ3v) is 2.34. The second-order valence-corrected chi connectivity index (χ2v) is 3.21. The summed E-state index contributed by atoms with van der Waals surface area (Å²) in [4.78, 5) is 3.38. The smallest absolute Gasteiger partial charge is 0.0461 e. The molecule has 66 valence electrons. The third-order valence-electron chi connectivity index (χ3n) is 2.34. The largest absolute Gasteiger partial charge is 0.355 e. The van der Waals surface area contributed by atoms with E-state index in [2.05, 4.69) is 48.3 Å². The highest BCUT2D eigenvalue weighted by Gasteiger charge is 2.02. The molecule has 0 radical (unpaired) electrons. The molecule has 0 spiro atoms. The van der Waals surface area contributed by atoms with Crippen LogP contribution in [-0.2, 0) is 0 Å². The molecule has 2 aromatic rings. The lowest BCUT2D eigenvalue weighted by molar-refractivity contribution is 1.37. The van der Waals surface area contributed by atoms with Crippen LogP contribution >= 0.6 is 0 Å². The van der Waals surface area contributed by atoms with E-state index in [9.17, 15) is 0 Å². The molecule has 1 heteroatoms. The van der Waals surface area contributed by atoms with Crippen LogP contribution in [-0.4, -0.2) is 4.98 Å². The van der Waals surface area contributed by atoms with Crippen molar-refractivity contribution in [2.24, 2.45) is 0 Å². The SMILES string of the molecule is CC=Cc1[nH]c2ccccc2c1C. The number of benzene rings is 1. The first-order valence-electron chi connectivity index (χ1n) is 4.53. The number of aromatic nitrogens is 1. The van der Waals surface area contributed by atoms with Gasteiger partial charge in [0.15, 0.2) is 0 Å². The lowest BCUT2D eigenvalue weighted by Crippen LogP contribution is -1.72. The number of H-pyrrole nitrogens is 1. The van der Waals surface area contributed by atoms with E-state index in [0.717, 1.165) is 0 Å². The van der Waals surface area contributed by atoms with E-state index in [1.54, 1.807) is 0 Å². The number of allylic oxidation sites excluding steroid dienone is 1. The molecule has 0 aliphatic rings. The van der Waals surface area contributed by atoms with Crippen LogP contribution in [0.4, 0.5) is 0 Å². The molecular formula is C12H13N. The number of aromatic amines is 1. The van der Waals surface area contributed by atoms with Crippen LogP contribution in [0.25, 0.3) is 17.0 Å². The van der Waals surface area contributed by atoms with Gasteiger partial charge in [-0.25, -0.2) is 0 Å². The fourth-order valence-electron chi connectivity index (χ4n) is 1.64. The second kappa shape index (κ2) is 3.09. The van der Waals surface area contributed by atoms with Gasteiger partial charge >= 0.3 is 0 Å². The summed E-state index contributed by atoms with van der Waals surface area (Å²) in [6.45, 7) is 4.18. The molecule has 0 aliphatic carbocycles. The predicted octanol–water partition coefficient (Wildman–Crippen LogP) is 3.51. The number of hydrogen-bond donors (Lipinski definition) is 1. The summed E-state index contributed by atoms with van der Waals surface area (Å²) in [6, 6.07) is 8.38. The molecule has 0 aliphatic heterocycles. The van der Waals surface area contributed by atoms with E-state index in [-0.39, 0.29) is 0 Å². The molecular weight excluding hydrogens is 158 g/mol. The van der Waals surface area contributed by atoms with Gasteiger partial charge in [-0.2, -0.15) is 0 Å². The van der Waals surface area contributed by atoms with Crippen LogP contribution in [0.5, 0.6) is 0 Å². The Hall–Kier alpha value is -1.50. The summed E-state index contributed by atoms with van der Waals surface area (Å²) in [5, 5.41) is 1.32. The van der Waals surface area contributed by atoms with E-state index in [4.69, 9.17) is 0 Å². The van der Waals surface area contributed by atoms with Crippen molar-refractivity contribution in [3.63, 3.8) is 0 Å². The number of rotatable bonds is 1. The molecule has 1 aromatic heterocycles. The van der Waals surface area contributed by atoms with Gasteiger partial charge < -0.3 is 4.98 Å². The Balaban J connectivity index is 2.73. The van der Waals surface area contributed by atoms with Gasteiger partial charge in [0.25, 0.3) is 0 Å². The Bertz CT molecular complexity index is 449. The Labute approximate surface area is 78.1 Å². The molecule has 2 rings (SSSR count). The van der Waals surface area contributed by atoms with Crippen LogP contribution in [0.2, 0.25) is 0 Å². The topological polar surface area (TPSA) is 15.8 Å². The van der Waals surface area contributed by atoms with Gasteiger partial charge in [0.05, 0.1) is 0 Å². The molecule has 0 bridgehead atoms. The Morgan fingerprint density at radius 3 is 2.69 bits per heavy atom. The summed E-state index contributed by atoms with van der Waals surface area (Å²) in [6.07, 6.45) is 4.16. The van der Waals surface area contributed by atoms with Gasteiger partial charge in [-0.3, -0.25) is 0 Å². The maximum Gasteiger partial charge on any atom is 0.0461 e. The van der Waals surface area contributed by atoms with Crippen LogP contribution in [0.15, 0.2) is 30.3 Å². The first-order chi connectivity index (χ1) is 6.33. The Morgan fingerprint density at radius 1 is 1.23 bits per heavy atom. The highest BCUT2D eigenvalue weighted by molar-refractivity contribution is 5.86. The average Bonchev–Trinajstić information content (AvgIpc) is 2.46. The van der Waals surface area contributed by atoms with E-state index in [1.165, 1.54) is 22.2 Å². The first kappa shape index (κ1) is 8.11. The molecule has 0 unspecified atom stereocenters. The fourth-order valence-corrected chi connectivity index (χ4v) is 1.64. The fraction of sp³-hybridized carbons (Fsp3) is 0.167. The quantitative estimate of drug-likeness (QED) is 0.675. The highest BCUT2D eigenvalue weighted by Crippen LogP contribution is 2.21. The van der Waals surface area contributed by atoms with Crippen molar-refractivity contribution in [3.05, 3.63) is 41.6 Å². The monoisotopic (exact) mass is 171 g/mol. The maximum absolute atomic E-state index is 3.38. The number of para-hydroxylation sites is 1. The summed E-state index contributed by atoms with van der Waals surface area (Å²) in [5.74, 6) is 0. The van der Waals surface area contributed by atoms with Crippen molar-refractivity contribution in [1.29, 1.82) is 0 Å². The lowest BCUT2D eigenvalue weighted by Gasteiger charge is -1.89. The van der Waals surface area contributed by atoms with Crippen molar-refractivity contribution in [2.45, 2.75) is 13.8 Å². The Morgan fingerprint density at radius 2 is 2.00 bits per heavy atom. The predicted molar refractivity (Wildman–Crippen MR) is 57.7 cm³/mol. The summed E-state index contributed by atoms with van der Waals surface area (Å²) < 4.78 is 0. The lowest BCUT2D eigenvalue weighted by atomic mass is 10.1. The first-order valence-corrected chi connectivity index (χ1v) is 4.53. The number of fused-ring (bicyclic) bond motifs is 1. The number of aryl methyl sites for hydroxylation is 1. The highest BCUT2D eigenvalue weighted by atomic mass is 14.7. The van der Waals surface area contributed by atoms with Gasteiger partial charge in [0, 0.05) is 16.6 Å². The molecule has 0 saturated heterocycles. The summed E-state index contributed by atoms with van der Waals surface area (Å²) in [5.41, 5.74) is 3.76. The standard InChI is InChI=1S/C12H13N/c1-3-6-11-9(2)10-7-4-5-8-12(10)13-11/h3-8,13H,1-2H3. The van der Waals surface area contributed by atoms with Crippen molar-refractivity contribution in [2.75, 3.05) is 0 Å². The zero-order valence-electron chi connectivity index (χ0n) is 7.96. The van der Waals surface area contributed by atoms with Gasteiger partial charge in [0.1, 0.15) is 0 Å². The van der Waals surface area contributed by atoms with Crippen molar-refractivity contribution in [3.8, 4) is 0 Å². The summed E-state index contributed by atoms with van der Waals surface area (Å²) >= 11 is 0. The zero-order chi connectivity index (χ0) is 9.26. The van der Waals surface area contributed by atoms with Gasteiger partial charge in [-0.15, -0.1) is 0 Å². The minimum Gasteiger partial charge on any atom is -0.355 e. The maximum atomic E-state index is 3.38. The minimum absolute atomic E-state index is 1.21. The second-order valence-electron chi connectivity index (χ2n) is 3.21. The Kier molecular flexibility index (Phi) is 1.93. The van der Waals surface area contributed by atoms with Crippen molar-refractivity contribution in [1.82, 2.24) is 4.98 Å². The number of nitrogens with one attached hydrogen (secondary N) is 1.